The van der Waals surface area contributed by atoms with Crippen molar-refractivity contribution in [2.45, 2.75) is 64.5 Å². The lowest BCUT2D eigenvalue weighted by atomic mass is 9.95. The van der Waals surface area contributed by atoms with Crippen LogP contribution in [0, 0.1) is 11.7 Å². The van der Waals surface area contributed by atoms with Crippen LogP contribution in [0.5, 0.6) is 0 Å². The first kappa shape index (κ1) is 14.5. The lowest BCUT2D eigenvalue weighted by Crippen LogP contribution is -2.41. The molecular formula is C17H26FN. The summed E-state index contributed by atoms with van der Waals surface area (Å²) in [6, 6.07) is 8.05. The molecule has 0 aliphatic heterocycles. The van der Waals surface area contributed by atoms with Gasteiger partial charge in [-0.3, -0.25) is 0 Å². The molecule has 0 heterocycles. The van der Waals surface area contributed by atoms with Crippen LogP contribution in [-0.2, 0) is 6.42 Å². The van der Waals surface area contributed by atoms with Crippen LogP contribution < -0.4 is 5.32 Å². The van der Waals surface area contributed by atoms with Gasteiger partial charge in [0.25, 0.3) is 0 Å². The van der Waals surface area contributed by atoms with Gasteiger partial charge in [0.15, 0.2) is 0 Å². The smallest absolute Gasteiger partial charge is 0.126 e. The number of hydrogen-bond acceptors (Lipinski definition) is 1. The molecule has 1 aliphatic carbocycles. The monoisotopic (exact) mass is 263 g/mol. The Labute approximate surface area is 116 Å². The summed E-state index contributed by atoms with van der Waals surface area (Å²) in [6.07, 6.45) is 7.42. The normalized spacial score (nSPS) is 25.8. The Morgan fingerprint density at radius 3 is 2.74 bits per heavy atom. The van der Waals surface area contributed by atoms with Gasteiger partial charge in [-0.05, 0) is 43.7 Å². The fourth-order valence-electron chi connectivity index (χ4n) is 3.16. The number of halogens is 1. The SMILES string of the molecule is CC(Cc1ccccc1F)NC1CCCCCC1C. The van der Waals surface area contributed by atoms with Gasteiger partial charge in [0.1, 0.15) is 5.82 Å². The summed E-state index contributed by atoms with van der Waals surface area (Å²) in [5.41, 5.74) is 0.823. The number of nitrogens with one attached hydrogen (secondary N) is 1. The van der Waals surface area contributed by atoms with Gasteiger partial charge in [-0.15, -0.1) is 0 Å². The van der Waals surface area contributed by atoms with Crippen molar-refractivity contribution in [3.8, 4) is 0 Å². The van der Waals surface area contributed by atoms with E-state index in [9.17, 15) is 4.39 Å². The van der Waals surface area contributed by atoms with Crippen LogP contribution in [0.4, 0.5) is 4.39 Å². The highest BCUT2D eigenvalue weighted by Crippen LogP contribution is 2.23. The number of benzene rings is 1. The quantitative estimate of drug-likeness (QED) is 0.798. The van der Waals surface area contributed by atoms with Crippen molar-refractivity contribution in [2.24, 2.45) is 5.92 Å². The molecule has 0 amide bonds. The van der Waals surface area contributed by atoms with Crippen LogP contribution in [0.2, 0.25) is 0 Å². The van der Waals surface area contributed by atoms with Crippen LogP contribution in [-0.4, -0.2) is 12.1 Å². The zero-order valence-electron chi connectivity index (χ0n) is 12.2. The lowest BCUT2D eigenvalue weighted by molar-refractivity contribution is 0.325. The van der Waals surface area contributed by atoms with Crippen molar-refractivity contribution in [2.75, 3.05) is 0 Å². The molecule has 1 nitrogen and oxygen atoms in total. The van der Waals surface area contributed by atoms with E-state index in [0.29, 0.717) is 12.1 Å². The van der Waals surface area contributed by atoms with Crippen LogP contribution in [0.15, 0.2) is 24.3 Å². The molecule has 19 heavy (non-hydrogen) atoms. The molecule has 0 spiro atoms. The van der Waals surface area contributed by atoms with E-state index < -0.39 is 0 Å². The maximum atomic E-state index is 13.6. The summed E-state index contributed by atoms with van der Waals surface area (Å²) in [7, 11) is 0. The zero-order chi connectivity index (χ0) is 13.7. The summed E-state index contributed by atoms with van der Waals surface area (Å²) in [6.45, 7) is 4.52. The van der Waals surface area contributed by atoms with Crippen LogP contribution in [0.25, 0.3) is 0 Å². The average Bonchev–Trinajstić information content (AvgIpc) is 2.58. The van der Waals surface area contributed by atoms with Gasteiger partial charge in [0.2, 0.25) is 0 Å². The minimum atomic E-state index is -0.0786. The highest BCUT2D eigenvalue weighted by atomic mass is 19.1. The van der Waals surface area contributed by atoms with Crippen LogP contribution in [0.3, 0.4) is 0 Å². The van der Waals surface area contributed by atoms with E-state index >= 15 is 0 Å². The second-order valence-electron chi connectivity index (χ2n) is 6.09. The Balaban J connectivity index is 1.89. The molecule has 1 saturated carbocycles. The molecule has 0 bridgehead atoms. The third kappa shape index (κ3) is 4.31. The Hall–Kier alpha value is -0.890. The molecule has 1 aliphatic rings. The van der Waals surface area contributed by atoms with E-state index in [1.54, 1.807) is 12.1 Å². The van der Waals surface area contributed by atoms with Gasteiger partial charge in [-0.2, -0.15) is 0 Å². The standard InChI is InChI=1S/C17H26FN/c1-13-8-4-3-5-11-17(13)19-14(2)12-15-9-6-7-10-16(15)18/h6-7,9-10,13-14,17,19H,3-5,8,11-12H2,1-2H3. The van der Waals surface area contributed by atoms with Crippen LogP contribution >= 0.6 is 0 Å². The Morgan fingerprint density at radius 1 is 1.21 bits per heavy atom. The summed E-state index contributed by atoms with van der Waals surface area (Å²) in [5, 5.41) is 3.72. The Morgan fingerprint density at radius 2 is 1.95 bits per heavy atom. The fraction of sp³-hybridized carbons (Fsp3) is 0.647. The molecule has 0 radical (unpaired) electrons. The maximum Gasteiger partial charge on any atom is 0.126 e. The molecule has 1 aromatic rings. The first-order valence-corrected chi connectivity index (χ1v) is 7.66. The van der Waals surface area contributed by atoms with Gasteiger partial charge in [0.05, 0.1) is 0 Å². The van der Waals surface area contributed by atoms with Crippen molar-refractivity contribution in [3.63, 3.8) is 0 Å². The van der Waals surface area contributed by atoms with Gasteiger partial charge in [0, 0.05) is 12.1 Å². The summed E-state index contributed by atoms with van der Waals surface area (Å²) < 4.78 is 13.6. The predicted octanol–water partition coefficient (Wildman–Crippen LogP) is 4.32. The summed E-state index contributed by atoms with van der Waals surface area (Å²) >= 11 is 0. The molecule has 3 atom stereocenters. The highest BCUT2D eigenvalue weighted by molar-refractivity contribution is 5.18. The maximum absolute atomic E-state index is 13.6. The minimum Gasteiger partial charge on any atom is -0.311 e. The molecule has 2 heteroatoms. The van der Waals surface area contributed by atoms with E-state index in [2.05, 4.69) is 19.2 Å². The first-order valence-electron chi connectivity index (χ1n) is 7.66. The van der Waals surface area contributed by atoms with E-state index in [1.165, 1.54) is 32.1 Å². The van der Waals surface area contributed by atoms with Gasteiger partial charge in [-0.25, -0.2) is 4.39 Å². The molecule has 2 rings (SSSR count). The van der Waals surface area contributed by atoms with Crippen molar-refractivity contribution in [1.82, 2.24) is 5.32 Å². The van der Waals surface area contributed by atoms with Gasteiger partial charge >= 0.3 is 0 Å². The zero-order valence-corrected chi connectivity index (χ0v) is 12.2. The largest absolute Gasteiger partial charge is 0.311 e. The third-order valence-electron chi connectivity index (χ3n) is 4.34. The Bertz CT molecular complexity index is 391. The van der Waals surface area contributed by atoms with E-state index in [1.807, 2.05) is 12.1 Å². The van der Waals surface area contributed by atoms with Gasteiger partial charge in [-0.1, -0.05) is 44.4 Å². The minimum absolute atomic E-state index is 0.0786. The third-order valence-corrected chi connectivity index (χ3v) is 4.34. The highest BCUT2D eigenvalue weighted by Gasteiger charge is 2.21. The molecule has 1 fully saturated rings. The molecule has 3 unspecified atom stereocenters. The first-order chi connectivity index (χ1) is 9.16. The van der Waals surface area contributed by atoms with Crippen LogP contribution in [0.1, 0.15) is 51.5 Å². The molecule has 0 saturated heterocycles. The van der Waals surface area contributed by atoms with Crippen molar-refractivity contribution in [1.29, 1.82) is 0 Å². The summed E-state index contributed by atoms with van der Waals surface area (Å²) in [5.74, 6) is 0.663. The average molecular weight is 263 g/mol. The molecule has 1 N–H and O–H groups in total. The van der Waals surface area contributed by atoms with E-state index in [0.717, 1.165) is 17.9 Å². The molecule has 0 aromatic heterocycles. The fourth-order valence-corrected chi connectivity index (χ4v) is 3.16. The second kappa shape index (κ2) is 7.04. The number of rotatable bonds is 4. The van der Waals surface area contributed by atoms with Crippen molar-refractivity contribution in [3.05, 3.63) is 35.6 Å². The van der Waals surface area contributed by atoms with Crippen molar-refractivity contribution < 1.29 is 4.39 Å². The molecular weight excluding hydrogens is 237 g/mol. The summed E-state index contributed by atoms with van der Waals surface area (Å²) in [4.78, 5) is 0. The molecule has 106 valence electrons. The predicted molar refractivity (Wildman–Crippen MR) is 78.7 cm³/mol. The second-order valence-corrected chi connectivity index (χ2v) is 6.09. The molecule has 1 aromatic carbocycles. The number of hydrogen-bond donors (Lipinski definition) is 1. The van der Waals surface area contributed by atoms with Crippen molar-refractivity contribution >= 4 is 0 Å². The topological polar surface area (TPSA) is 12.0 Å². The lowest BCUT2D eigenvalue weighted by Gasteiger charge is -2.27. The van der Waals surface area contributed by atoms with E-state index in [4.69, 9.17) is 0 Å². The van der Waals surface area contributed by atoms with Gasteiger partial charge < -0.3 is 5.32 Å². The Kier molecular flexibility index (Phi) is 5.38. The van der Waals surface area contributed by atoms with E-state index in [-0.39, 0.29) is 5.82 Å².